The molecule has 1 aromatic carbocycles. The molecule has 0 saturated heterocycles. The van der Waals surface area contributed by atoms with Crippen LogP contribution in [-0.4, -0.2) is 48.6 Å². The lowest BCUT2D eigenvalue weighted by atomic mass is 10.3. The third kappa shape index (κ3) is 4.84. The molecule has 2 heterocycles. The van der Waals surface area contributed by atoms with Crippen LogP contribution in [0.4, 0.5) is 5.13 Å². The van der Waals surface area contributed by atoms with Gasteiger partial charge in [0.05, 0.1) is 17.6 Å². The van der Waals surface area contributed by atoms with Gasteiger partial charge in [0.1, 0.15) is 11.3 Å². The number of anilines is 1. The Hall–Kier alpha value is -2.09. The molecular weight excluding hydrogens is 398 g/mol. The van der Waals surface area contributed by atoms with Crippen molar-refractivity contribution in [2.45, 2.75) is 20.8 Å². The zero-order valence-corrected chi connectivity index (χ0v) is 18.0. The minimum atomic E-state index is -0.177. The van der Waals surface area contributed by atoms with Gasteiger partial charge >= 0.3 is 0 Å². The first-order valence-electron chi connectivity index (χ1n) is 9.28. The van der Waals surface area contributed by atoms with Crippen LogP contribution in [0.2, 0.25) is 0 Å². The normalized spacial score (nSPS) is 10.9. The highest BCUT2D eigenvalue weighted by atomic mass is 35.5. The number of benzene rings is 1. The molecule has 0 saturated carbocycles. The van der Waals surface area contributed by atoms with E-state index >= 15 is 0 Å². The molecule has 0 aliphatic carbocycles. The molecule has 6 nitrogen and oxygen atoms in total. The van der Waals surface area contributed by atoms with Gasteiger partial charge in [-0.1, -0.05) is 31.3 Å². The molecule has 1 amide bonds. The number of aromatic nitrogens is 1. The standard InChI is InChI=1S/C20H25N3O3S.ClH/c1-4-22(5-2)12-13-23(19(24)16-10-8-14-26-16)20-21-18-15(25-6-3)9-7-11-17(18)27-20;/h7-11,14H,4-6,12-13H2,1-3H3;1H. The quantitative estimate of drug-likeness (QED) is 0.499. The zero-order valence-electron chi connectivity index (χ0n) is 16.4. The number of fused-ring (bicyclic) bond motifs is 1. The largest absolute Gasteiger partial charge is 0.492 e. The predicted molar refractivity (Wildman–Crippen MR) is 116 cm³/mol. The molecule has 0 fully saturated rings. The highest BCUT2D eigenvalue weighted by Gasteiger charge is 2.24. The molecule has 0 spiro atoms. The van der Waals surface area contributed by atoms with Gasteiger partial charge in [-0.05, 0) is 44.3 Å². The Kier molecular flexibility index (Phi) is 8.29. The van der Waals surface area contributed by atoms with Crippen LogP contribution in [0, 0.1) is 0 Å². The van der Waals surface area contributed by atoms with Gasteiger partial charge in [-0.2, -0.15) is 0 Å². The van der Waals surface area contributed by atoms with Crippen LogP contribution in [0.15, 0.2) is 41.0 Å². The highest BCUT2D eigenvalue weighted by molar-refractivity contribution is 7.22. The second-order valence-corrected chi connectivity index (χ2v) is 7.00. The van der Waals surface area contributed by atoms with Crippen LogP contribution in [0.1, 0.15) is 31.3 Å². The molecular formula is C20H26ClN3O3S. The van der Waals surface area contributed by atoms with E-state index in [0.29, 0.717) is 24.0 Å². The van der Waals surface area contributed by atoms with Crippen LogP contribution >= 0.6 is 23.7 Å². The Labute approximate surface area is 175 Å². The summed E-state index contributed by atoms with van der Waals surface area (Å²) in [7, 11) is 0. The topological polar surface area (TPSA) is 58.8 Å². The minimum Gasteiger partial charge on any atom is -0.492 e. The van der Waals surface area contributed by atoms with E-state index in [9.17, 15) is 4.79 Å². The summed E-state index contributed by atoms with van der Waals surface area (Å²) in [6.45, 7) is 9.95. The van der Waals surface area contributed by atoms with Gasteiger partial charge < -0.3 is 14.1 Å². The molecule has 28 heavy (non-hydrogen) atoms. The molecule has 0 bridgehead atoms. The third-order valence-electron chi connectivity index (χ3n) is 4.41. The van der Waals surface area contributed by atoms with Crippen molar-refractivity contribution in [2.24, 2.45) is 0 Å². The number of hydrogen-bond donors (Lipinski definition) is 0. The molecule has 8 heteroatoms. The van der Waals surface area contributed by atoms with Crippen molar-refractivity contribution >= 4 is 45.0 Å². The Bertz CT molecular complexity index is 878. The number of likely N-dealkylation sites (N-methyl/N-ethyl adjacent to an activating group) is 1. The molecule has 0 radical (unpaired) electrons. The monoisotopic (exact) mass is 423 g/mol. The van der Waals surface area contributed by atoms with E-state index in [-0.39, 0.29) is 18.3 Å². The SMILES string of the molecule is CCOc1cccc2sc(N(CCN(CC)CC)C(=O)c3ccco3)nc12.Cl. The zero-order chi connectivity index (χ0) is 19.2. The summed E-state index contributed by atoms with van der Waals surface area (Å²) in [5.74, 6) is 0.884. The molecule has 0 aliphatic heterocycles. The van der Waals surface area contributed by atoms with Crippen molar-refractivity contribution in [1.29, 1.82) is 0 Å². The van der Waals surface area contributed by atoms with E-state index in [0.717, 1.165) is 35.6 Å². The molecule has 152 valence electrons. The van der Waals surface area contributed by atoms with Crippen LogP contribution in [0.25, 0.3) is 10.2 Å². The molecule has 0 aliphatic rings. The lowest BCUT2D eigenvalue weighted by Crippen LogP contribution is -2.38. The van der Waals surface area contributed by atoms with Gasteiger partial charge in [-0.3, -0.25) is 9.69 Å². The first-order chi connectivity index (χ1) is 13.2. The summed E-state index contributed by atoms with van der Waals surface area (Å²) >= 11 is 1.49. The Balaban J connectivity index is 0.00000280. The van der Waals surface area contributed by atoms with E-state index in [2.05, 4.69) is 18.7 Å². The van der Waals surface area contributed by atoms with E-state index in [1.54, 1.807) is 17.0 Å². The number of furan rings is 1. The average Bonchev–Trinajstić information content (AvgIpc) is 3.35. The van der Waals surface area contributed by atoms with Crippen LogP contribution < -0.4 is 9.64 Å². The molecule has 3 aromatic rings. The maximum Gasteiger partial charge on any atom is 0.295 e. The summed E-state index contributed by atoms with van der Waals surface area (Å²) < 4.78 is 12.0. The minimum absolute atomic E-state index is 0. The van der Waals surface area contributed by atoms with Crippen LogP contribution in [0.5, 0.6) is 5.75 Å². The predicted octanol–water partition coefficient (Wildman–Crippen LogP) is 4.70. The number of carbonyl (C=O) groups excluding carboxylic acids is 1. The fourth-order valence-electron chi connectivity index (χ4n) is 2.90. The summed E-state index contributed by atoms with van der Waals surface area (Å²) in [4.78, 5) is 21.7. The van der Waals surface area contributed by atoms with E-state index in [1.165, 1.54) is 17.6 Å². The van der Waals surface area contributed by atoms with Crippen molar-refractivity contribution in [3.8, 4) is 5.75 Å². The van der Waals surface area contributed by atoms with Crippen molar-refractivity contribution < 1.29 is 13.9 Å². The Morgan fingerprint density at radius 1 is 1.14 bits per heavy atom. The van der Waals surface area contributed by atoms with Gasteiger partial charge in [-0.25, -0.2) is 4.98 Å². The molecule has 3 rings (SSSR count). The lowest BCUT2D eigenvalue weighted by Gasteiger charge is -2.24. The third-order valence-corrected chi connectivity index (χ3v) is 5.46. The Morgan fingerprint density at radius 3 is 2.57 bits per heavy atom. The number of halogens is 1. The van der Waals surface area contributed by atoms with Crippen molar-refractivity contribution in [3.05, 3.63) is 42.4 Å². The van der Waals surface area contributed by atoms with Gasteiger partial charge in [0, 0.05) is 13.1 Å². The maximum atomic E-state index is 13.0. The van der Waals surface area contributed by atoms with Gasteiger partial charge in [0.25, 0.3) is 5.91 Å². The Morgan fingerprint density at radius 2 is 1.93 bits per heavy atom. The lowest BCUT2D eigenvalue weighted by molar-refractivity contribution is 0.0957. The second-order valence-electron chi connectivity index (χ2n) is 5.99. The molecule has 0 atom stereocenters. The van der Waals surface area contributed by atoms with E-state index in [4.69, 9.17) is 14.1 Å². The van der Waals surface area contributed by atoms with Gasteiger partial charge in [0.15, 0.2) is 10.9 Å². The number of ether oxygens (including phenoxy) is 1. The summed E-state index contributed by atoms with van der Waals surface area (Å²) in [6, 6.07) is 9.26. The fourth-order valence-corrected chi connectivity index (χ4v) is 3.91. The molecule has 0 N–H and O–H groups in total. The number of thiazole rings is 1. The van der Waals surface area contributed by atoms with Gasteiger partial charge in [0.2, 0.25) is 0 Å². The van der Waals surface area contributed by atoms with E-state index < -0.39 is 0 Å². The summed E-state index contributed by atoms with van der Waals surface area (Å²) in [5, 5.41) is 0.658. The maximum absolute atomic E-state index is 13.0. The molecule has 2 aromatic heterocycles. The average molecular weight is 424 g/mol. The van der Waals surface area contributed by atoms with Crippen LogP contribution in [-0.2, 0) is 0 Å². The number of amides is 1. The highest BCUT2D eigenvalue weighted by Crippen LogP contribution is 2.34. The van der Waals surface area contributed by atoms with Crippen molar-refractivity contribution in [3.63, 3.8) is 0 Å². The van der Waals surface area contributed by atoms with Crippen molar-refractivity contribution in [2.75, 3.05) is 37.7 Å². The number of rotatable bonds is 9. The van der Waals surface area contributed by atoms with Gasteiger partial charge in [-0.15, -0.1) is 12.4 Å². The number of para-hydroxylation sites is 1. The van der Waals surface area contributed by atoms with E-state index in [1.807, 2.05) is 25.1 Å². The number of nitrogens with zero attached hydrogens (tertiary/aromatic N) is 3. The summed E-state index contributed by atoms with van der Waals surface area (Å²) in [6.07, 6.45) is 1.52. The fraction of sp³-hybridized carbons (Fsp3) is 0.400. The van der Waals surface area contributed by atoms with Crippen LogP contribution in [0.3, 0.4) is 0 Å². The second kappa shape index (κ2) is 10.5. The summed E-state index contributed by atoms with van der Waals surface area (Å²) in [5.41, 5.74) is 0.791. The number of hydrogen-bond acceptors (Lipinski definition) is 6. The first-order valence-corrected chi connectivity index (χ1v) is 10.1. The molecule has 0 unspecified atom stereocenters. The number of carbonyl (C=O) groups is 1. The smallest absolute Gasteiger partial charge is 0.295 e. The first kappa shape index (κ1) is 22.2. The van der Waals surface area contributed by atoms with Crippen molar-refractivity contribution in [1.82, 2.24) is 9.88 Å².